The molecule has 1 atom stereocenters. The average molecular weight is 390 g/mol. The van der Waals surface area contributed by atoms with Gasteiger partial charge < -0.3 is 15.4 Å². The lowest BCUT2D eigenvalue weighted by Crippen LogP contribution is -2.40. The van der Waals surface area contributed by atoms with E-state index in [9.17, 15) is 23.2 Å². The van der Waals surface area contributed by atoms with Crippen molar-refractivity contribution in [2.75, 3.05) is 11.9 Å². The van der Waals surface area contributed by atoms with E-state index in [-0.39, 0.29) is 6.54 Å². The van der Waals surface area contributed by atoms with E-state index in [0.717, 1.165) is 29.3 Å². The summed E-state index contributed by atoms with van der Waals surface area (Å²) in [6.45, 7) is 4.55. The molecule has 0 fully saturated rings. The molecule has 2 aromatic rings. The summed E-state index contributed by atoms with van der Waals surface area (Å²) < 4.78 is 32.0. The van der Waals surface area contributed by atoms with E-state index in [4.69, 9.17) is 4.74 Å². The Balaban J connectivity index is 1.90. The SMILES string of the molecule is Cc1cccc(C)c1NC(=O)CNC(=O)C(C)OC(=O)c1c(F)cccc1F. The van der Waals surface area contributed by atoms with E-state index in [1.807, 2.05) is 32.0 Å². The number of ether oxygens (including phenoxy) is 1. The van der Waals surface area contributed by atoms with Gasteiger partial charge in [0.1, 0.15) is 17.2 Å². The molecule has 0 bridgehead atoms. The number of aryl methyl sites for hydroxylation is 2. The second-order valence-corrected chi connectivity index (χ2v) is 6.18. The number of halogens is 2. The zero-order valence-electron chi connectivity index (χ0n) is 15.6. The smallest absolute Gasteiger partial charge is 0.344 e. The Bertz CT molecular complexity index is 875. The number of rotatable bonds is 6. The largest absolute Gasteiger partial charge is 0.449 e. The molecule has 148 valence electrons. The van der Waals surface area contributed by atoms with E-state index >= 15 is 0 Å². The fourth-order valence-electron chi connectivity index (χ4n) is 2.47. The number of hydrogen-bond acceptors (Lipinski definition) is 4. The minimum Gasteiger partial charge on any atom is -0.449 e. The third kappa shape index (κ3) is 5.12. The monoisotopic (exact) mass is 390 g/mol. The van der Waals surface area contributed by atoms with Crippen LogP contribution in [0.3, 0.4) is 0 Å². The minimum atomic E-state index is -1.35. The molecule has 0 saturated carbocycles. The molecule has 0 aliphatic rings. The Morgan fingerprint density at radius 3 is 2.11 bits per heavy atom. The van der Waals surface area contributed by atoms with Crippen molar-refractivity contribution in [3.05, 3.63) is 64.7 Å². The quantitative estimate of drug-likeness (QED) is 0.743. The number of carbonyl (C=O) groups excluding carboxylic acids is 3. The topological polar surface area (TPSA) is 84.5 Å². The number of amides is 2. The van der Waals surface area contributed by atoms with Crippen LogP contribution in [0.25, 0.3) is 0 Å². The maximum Gasteiger partial charge on any atom is 0.344 e. The van der Waals surface area contributed by atoms with Crippen molar-refractivity contribution >= 4 is 23.5 Å². The predicted octanol–water partition coefficient (Wildman–Crippen LogP) is 2.88. The van der Waals surface area contributed by atoms with Crippen LogP contribution >= 0.6 is 0 Å². The lowest BCUT2D eigenvalue weighted by Gasteiger charge is -2.15. The minimum absolute atomic E-state index is 0.359. The van der Waals surface area contributed by atoms with Crippen molar-refractivity contribution < 1.29 is 27.9 Å². The van der Waals surface area contributed by atoms with Gasteiger partial charge in [0.25, 0.3) is 5.91 Å². The Morgan fingerprint density at radius 1 is 1.00 bits per heavy atom. The zero-order valence-corrected chi connectivity index (χ0v) is 15.6. The molecule has 1 unspecified atom stereocenters. The van der Waals surface area contributed by atoms with Crippen LogP contribution in [0.2, 0.25) is 0 Å². The van der Waals surface area contributed by atoms with Crippen LogP contribution in [0.5, 0.6) is 0 Å². The Morgan fingerprint density at radius 2 is 1.54 bits per heavy atom. The number of carbonyl (C=O) groups is 3. The summed E-state index contributed by atoms with van der Waals surface area (Å²) in [5, 5.41) is 5.01. The van der Waals surface area contributed by atoms with Gasteiger partial charge in [-0.3, -0.25) is 9.59 Å². The number of benzene rings is 2. The zero-order chi connectivity index (χ0) is 20.8. The van der Waals surface area contributed by atoms with Gasteiger partial charge in [0.2, 0.25) is 5.91 Å². The van der Waals surface area contributed by atoms with Crippen molar-refractivity contribution in [2.24, 2.45) is 0 Å². The first kappa shape index (κ1) is 21.0. The molecule has 0 radical (unpaired) electrons. The van der Waals surface area contributed by atoms with E-state index in [1.165, 1.54) is 6.92 Å². The molecular formula is C20H20F2N2O4. The number of para-hydroxylation sites is 1. The first-order valence-electron chi connectivity index (χ1n) is 8.49. The molecule has 0 heterocycles. The molecule has 2 N–H and O–H groups in total. The van der Waals surface area contributed by atoms with Crippen molar-refractivity contribution in [3.63, 3.8) is 0 Å². The molecule has 0 aliphatic carbocycles. The van der Waals surface area contributed by atoms with Crippen LogP contribution in [0.15, 0.2) is 36.4 Å². The van der Waals surface area contributed by atoms with Gasteiger partial charge in [0.05, 0.1) is 6.54 Å². The Kier molecular flexibility index (Phi) is 6.81. The summed E-state index contributed by atoms with van der Waals surface area (Å²) in [5.41, 5.74) is 1.51. The normalized spacial score (nSPS) is 11.5. The standard InChI is InChI=1S/C20H20F2N2O4/c1-11-6-4-7-12(2)18(11)24-16(25)10-23-19(26)13(3)28-20(27)17-14(21)8-5-9-15(17)22/h4-9,13H,10H2,1-3H3,(H,23,26)(H,24,25). The van der Waals surface area contributed by atoms with Gasteiger partial charge in [-0.25, -0.2) is 13.6 Å². The van der Waals surface area contributed by atoms with Crippen molar-refractivity contribution in [2.45, 2.75) is 26.9 Å². The van der Waals surface area contributed by atoms with Crippen LogP contribution < -0.4 is 10.6 Å². The van der Waals surface area contributed by atoms with E-state index in [2.05, 4.69) is 10.6 Å². The number of hydrogen-bond donors (Lipinski definition) is 2. The lowest BCUT2D eigenvalue weighted by molar-refractivity contribution is -0.130. The highest BCUT2D eigenvalue weighted by atomic mass is 19.1. The molecule has 0 aromatic heterocycles. The van der Waals surface area contributed by atoms with E-state index in [0.29, 0.717) is 5.69 Å². The first-order valence-corrected chi connectivity index (χ1v) is 8.49. The molecule has 2 aromatic carbocycles. The number of anilines is 1. The van der Waals surface area contributed by atoms with Gasteiger partial charge in [-0.2, -0.15) is 0 Å². The molecule has 8 heteroatoms. The molecule has 0 saturated heterocycles. The third-order valence-corrected chi connectivity index (χ3v) is 3.99. The summed E-state index contributed by atoms with van der Waals surface area (Å²) >= 11 is 0. The molecule has 2 rings (SSSR count). The van der Waals surface area contributed by atoms with Crippen LogP contribution in [0, 0.1) is 25.5 Å². The summed E-state index contributed by atoms with van der Waals surface area (Å²) in [5.74, 6) is -4.74. The summed E-state index contributed by atoms with van der Waals surface area (Å²) in [6, 6.07) is 8.45. The predicted molar refractivity (Wildman–Crippen MR) is 98.8 cm³/mol. The van der Waals surface area contributed by atoms with Gasteiger partial charge in [-0.05, 0) is 44.0 Å². The summed E-state index contributed by atoms with van der Waals surface area (Å²) in [7, 11) is 0. The Hall–Kier alpha value is -3.29. The van der Waals surface area contributed by atoms with Crippen LogP contribution in [-0.4, -0.2) is 30.4 Å². The van der Waals surface area contributed by atoms with E-state index < -0.39 is 41.1 Å². The number of esters is 1. The maximum absolute atomic E-state index is 13.6. The highest BCUT2D eigenvalue weighted by Gasteiger charge is 2.24. The third-order valence-electron chi connectivity index (χ3n) is 3.99. The highest BCUT2D eigenvalue weighted by Crippen LogP contribution is 2.19. The van der Waals surface area contributed by atoms with Crippen LogP contribution in [0.4, 0.5) is 14.5 Å². The fraction of sp³-hybridized carbons (Fsp3) is 0.250. The highest BCUT2D eigenvalue weighted by molar-refractivity contribution is 5.97. The molecular weight excluding hydrogens is 370 g/mol. The van der Waals surface area contributed by atoms with Gasteiger partial charge in [0, 0.05) is 5.69 Å². The number of nitrogens with one attached hydrogen (secondary N) is 2. The van der Waals surface area contributed by atoms with Crippen LogP contribution in [-0.2, 0) is 14.3 Å². The van der Waals surface area contributed by atoms with Gasteiger partial charge in [-0.15, -0.1) is 0 Å². The molecule has 6 nitrogen and oxygen atoms in total. The van der Waals surface area contributed by atoms with Crippen molar-refractivity contribution in [3.8, 4) is 0 Å². The van der Waals surface area contributed by atoms with Gasteiger partial charge in [-0.1, -0.05) is 24.3 Å². The maximum atomic E-state index is 13.6. The Labute approximate surface area is 160 Å². The average Bonchev–Trinajstić information content (AvgIpc) is 2.62. The summed E-state index contributed by atoms with van der Waals surface area (Å²) in [6.07, 6.45) is -1.35. The molecule has 28 heavy (non-hydrogen) atoms. The van der Waals surface area contributed by atoms with E-state index in [1.54, 1.807) is 0 Å². The lowest BCUT2D eigenvalue weighted by atomic mass is 10.1. The van der Waals surface area contributed by atoms with Crippen molar-refractivity contribution in [1.82, 2.24) is 5.32 Å². The van der Waals surface area contributed by atoms with Gasteiger partial charge >= 0.3 is 5.97 Å². The summed E-state index contributed by atoms with van der Waals surface area (Å²) in [4.78, 5) is 36.0. The van der Waals surface area contributed by atoms with Crippen LogP contribution in [0.1, 0.15) is 28.4 Å². The molecule has 2 amide bonds. The fourth-order valence-corrected chi connectivity index (χ4v) is 2.47. The van der Waals surface area contributed by atoms with Crippen molar-refractivity contribution in [1.29, 1.82) is 0 Å². The second kappa shape index (κ2) is 9.07. The molecule has 0 aliphatic heterocycles. The second-order valence-electron chi connectivity index (χ2n) is 6.18. The molecule has 0 spiro atoms. The first-order chi connectivity index (χ1) is 13.2. The van der Waals surface area contributed by atoms with Gasteiger partial charge in [0.15, 0.2) is 6.10 Å².